The van der Waals surface area contributed by atoms with E-state index in [0.717, 1.165) is 30.7 Å². The standard InChI is InChI=1S/C23H29N5O2S/c1-3-27(19-10-5-4-6-11-19)22(29)17(2)31-23-26-25-21(18-9-7-13-24-15-18)28(23)16-20-12-8-14-30-20/h7-9,12-15,17,19H,3-6,10-11,16H2,1-2H3. The zero-order valence-corrected chi connectivity index (χ0v) is 18.9. The largest absolute Gasteiger partial charge is 0.467 e. The van der Waals surface area contributed by atoms with Crippen molar-refractivity contribution >= 4 is 17.7 Å². The fourth-order valence-electron chi connectivity index (χ4n) is 4.21. The molecule has 3 heterocycles. The number of hydrogen-bond acceptors (Lipinski definition) is 6. The molecule has 1 aliphatic rings. The van der Waals surface area contributed by atoms with Crippen molar-refractivity contribution in [3.05, 3.63) is 48.7 Å². The lowest BCUT2D eigenvalue weighted by Gasteiger charge is -2.35. The highest BCUT2D eigenvalue weighted by molar-refractivity contribution is 8.00. The molecule has 0 saturated heterocycles. The Balaban J connectivity index is 1.56. The number of amides is 1. The van der Waals surface area contributed by atoms with Gasteiger partial charge in [-0.3, -0.25) is 14.3 Å². The minimum atomic E-state index is -0.247. The first-order chi connectivity index (χ1) is 15.2. The molecule has 0 aliphatic heterocycles. The molecule has 0 bridgehead atoms. The van der Waals surface area contributed by atoms with Crippen molar-refractivity contribution < 1.29 is 9.21 Å². The van der Waals surface area contributed by atoms with Gasteiger partial charge in [0.1, 0.15) is 5.76 Å². The van der Waals surface area contributed by atoms with Crippen LogP contribution in [0.15, 0.2) is 52.5 Å². The van der Waals surface area contributed by atoms with Gasteiger partial charge in [-0.25, -0.2) is 0 Å². The second-order valence-corrected chi connectivity index (χ2v) is 9.20. The topological polar surface area (TPSA) is 77.1 Å². The van der Waals surface area contributed by atoms with Crippen molar-refractivity contribution in [1.29, 1.82) is 0 Å². The number of carbonyl (C=O) groups excluding carboxylic acids is 1. The lowest BCUT2D eigenvalue weighted by Crippen LogP contribution is -2.44. The molecule has 3 aromatic heterocycles. The molecule has 4 rings (SSSR count). The van der Waals surface area contributed by atoms with Crippen LogP contribution in [0.25, 0.3) is 11.4 Å². The highest BCUT2D eigenvalue weighted by Gasteiger charge is 2.29. The first kappa shape index (κ1) is 21.6. The van der Waals surface area contributed by atoms with E-state index in [1.54, 1.807) is 18.7 Å². The minimum Gasteiger partial charge on any atom is -0.467 e. The molecule has 1 saturated carbocycles. The van der Waals surface area contributed by atoms with E-state index in [9.17, 15) is 4.79 Å². The van der Waals surface area contributed by atoms with Gasteiger partial charge in [0.15, 0.2) is 11.0 Å². The molecule has 8 heteroatoms. The molecule has 1 unspecified atom stereocenters. The van der Waals surface area contributed by atoms with Crippen LogP contribution in [0.5, 0.6) is 0 Å². The average molecular weight is 440 g/mol. The van der Waals surface area contributed by atoms with Gasteiger partial charge in [0.05, 0.1) is 18.1 Å². The SMILES string of the molecule is CCN(C(=O)C(C)Sc1nnc(-c2cccnc2)n1Cc1ccco1)C1CCCCC1. The summed E-state index contributed by atoms with van der Waals surface area (Å²) in [7, 11) is 0. The summed E-state index contributed by atoms with van der Waals surface area (Å²) in [6.07, 6.45) is 11.1. The van der Waals surface area contributed by atoms with Crippen molar-refractivity contribution in [2.75, 3.05) is 6.54 Å². The molecule has 1 fully saturated rings. The monoisotopic (exact) mass is 439 g/mol. The van der Waals surface area contributed by atoms with Crippen LogP contribution in [-0.2, 0) is 11.3 Å². The highest BCUT2D eigenvalue weighted by Crippen LogP contribution is 2.30. The van der Waals surface area contributed by atoms with Crippen molar-refractivity contribution in [2.45, 2.75) is 68.9 Å². The first-order valence-corrected chi connectivity index (χ1v) is 11.9. The molecular formula is C23H29N5O2S. The molecule has 1 amide bonds. The summed E-state index contributed by atoms with van der Waals surface area (Å²) in [4.78, 5) is 19.6. The summed E-state index contributed by atoms with van der Waals surface area (Å²) >= 11 is 1.46. The van der Waals surface area contributed by atoms with E-state index in [0.29, 0.717) is 23.6 Å². The van der Waals surface area contributed by atoms with E-state index in [-0.39, 0.29) is 11.2 Å². The van der Waals surface area contributed by atoms with E-state index in [1.807, 2.05) is 35.8 Å². The maximum Gasteiger partial charge on any atom is 0.236 e. The Morgan fingerprint density at radius 3 is 2.77 bits per heavy atom. The van der Waals surface area contributed by atoms with Crippen LogP contribution in [0.1, 0.15) is 51.7 Å². The number of thioether (sulfide) groups is 1. The maximum atomic E-state index is 13.3. The van der Waals surface area contributed by atoms with E-state index in [4.69, 9.17) is 4.42 Å². The number of nitrogens with zero attached hydrogens (tertiary/aromatic N) is 5. The second-order valence-electron chi connectivity index (χ2n) is 7.89. The third kappa shape index (κ3) is 5.01. The molecule has 0 spiro atoms. The maximum absolute atomic E-state index is 13.3. The van der Waals surface area contributed by atoms with Crippen molar-refractivity contribution in [3.8, 4) is 11.4 Å². The number of aromatic nitrogens is 4. The van der Waals surface area contributed by atoms with Gasteiger partial charge in [0.2, 0.25) is 5.91 Å². The van der Waals surface area contributed by atoms with Gasteiger partial charge >= 0.3 is 0 Å². The predicted octanol–water partition coefficient (Wildman–Crippen LogP) is 4.64. The molecule has 0 radical (unpaired) electrons. The van der Waals surface area contributed by atoms with Gasteiger partial charge in [-0.2, -0.15) is 0 Å². The molecule has 1 aliphatic carbocycles. The zero-order chi connectivity index (χ0) is 21.6. The molecule has 3 aromatic rings. The Hall–Kier alpha value is -2.61. The molecule has 1 atom stereocenters. The summed E-state index contributed by atoms with van der Waals surface area (Å²) in [6.45, 7) is 5.28. The highest BCUT2D eigenvalue weighted by atomic mass is 32.2. The summed E-state index contributed by atoms with van der Waals surface area (Å²) in [5.41, 5.74) is 0.879. The Morgan fingerprint density at radius 2 is 2.10 bits per heavy atom. The summed E-state index contributed by atoms with van der Waals surface area (Å²) in [5, 5.41) is 9.31. The van der Waals surface area contributed by atoms with Gasteiger partial charge in [0, 0.05) is 30.5 Å². The third-order valence-corrected chi connectivity index (χ3v) is 6.87. The van der Waals surface area contributed by atoms with Crippen LogP contribution >= 0.6 is 11.8 Å². The van der Waals surface area contributed by atoms with Crippen LogP contribution < -0.4 is 0 Å². The zero-order valence-electron chi connectivity index (χ0n) is 18.1. The summed E-state index contributed by atoms with van der Waals surface area (Å²) < 4.78 is 7.56. The van der Waals surface area contributed by atoms with Crippen molar-refractivity contribution in [1.82, 2.24) is 24.6 Å². The van der Waals surface area contributed by atoms with Crippen LogP contribution in [0.4, 0.5) is 0 Å². The first-order valence-electron chi connectivity index (χ1n) is 11.0. The molecular weight excluding hydrogens is 410 g/mol. The average Bonchev–Trinajstić information content (AvgIpc) is 3.46. The van der Waals surface area contributed by atoms with E-state index in [1.165, 1.54) is 31.0 Å². The van der Waals surface area contributed by atoms with Crippen LogP contribution in [-0.4, -0.2) is 48.4 Å². The number of hydrogen-bond donors (Lipinski definition) is 0. The second kappa shape index (κ2) is 10.1. The van der Waals surface area contributed by atoms with Gasteiger partial charge in [-0.1, -0.05) is 31.0 Å². The smallest absolute Gasteiger partial charge is 0.236 e. The Labute approximate surface area is 187 Å². The summed E-state index contributed by atoms with van der Waals surface area (Å²) in [5.74, 6) is 1.70. The quantitative estimate of drug-likeness (QED) is 0.476. The van der Waals surface area contributed by atoms with E-state index < -0.39 is 0 Å². The number of rotatable bonds is 8. The van der Waals surface area contributed by atoms with Gasteiger partial charge in [0.25, 0.3) is 0 Å². The molecule has 0 N–H and O–H groups in total. The van der Waals surface area contributed by atoms with Crippen LogP contribution in [0.3, 0.4) is 0 Å². The van der Waals surface area contributed by atoms with Gasteiger partial charge < -0.3 is 9.32 Å². The number of furan rings is 1. The van der Waals surface area contributed by atoms with E-state index >= 15 is 0 Å². The van der Waals surface area contributed by atoms with Gasteiger partial charge in [-0.15, -0.1) is 10.2 Å². The Kier molecular flexibility index (Phi) is 7.06. The van der Waals surface area contributed by atoms with Crippen LogP contribution in [0.2, 0.25) is 0 Å². The Morgan fingerprint density at radius 1 is 1.26 bits per heavy atom. The molecule has 31 heavy (non-hydrogen) atoms. The van der Waals surface area contributed by atoms with Crippen LogP contribution in [0, 0.1) is 0 Å². The molecule has 7 nitrogen and oxygen atoms in total. The fraction of sp³-hybridized carbons (Fsp3) is 0.478. The lowest BCUT2D eigenvalue weighted by atomic mass is 9.94. The normalized spacial score (nSPS) is 15.7. The summed E-state index contributed by atoms with van der Waals surface area (Å²) in [6, 6.07) is 7.99. The predicted molar refractivity (Wildman–Crippen MR) is 121 cm³/mol. The Bertz CT molecular complexity index is 967. The third-order valence-electron chi connectivity index (χ3n) is 5.80. The molecule has 0 aromatic carbocycles. The minimum absolute atomic E-state index is 0.176. The molecule has 164 valence electrons. The van der Waals surface area contributed by atoms with Crippen molar-refractivity contribution in [2.24, 2.45) is 0 Å². The number of pyridine rings is 1. The fourth-order valence-corrected chi connectivity index (χ4v) is 5.13. The van der Waals surface area contributed by atoms with E-state index in [2.05, 4.69) is 27.0 Å². The lowest BCUT2D eigenvalue weighted by molar-refractivity contribution is -0.133. The van der Waals surface area contributed by atoms with Crippen molar-refractivity contribution in [3.63, 3.8) is 0 Å². The number of carbonyl (C=O) groups is 1. The van der Waals surface area contributed by atoms with Gasteiger partial charge in [-0.05, 0) is 51.0 Å².